The van der Waals surface area contributed by atoms with Gasteiger partial charge in [-0.2, -0.15) is 0 Å². The lowest BCUT2D eigenvalue weighted by Gasteiger charge is -2.34. The molecule has 1 aromatic carbocycles. The molecule has 1 saturated heterocycles. The number of benzene rings is 1. The van der Waals surface area contributed by atoms with Gasteiger partial charge in [0.25, 0.3) is 5.91 Å². The van der Waals surface area contributed by atoms with Crippen molar-refractivity contribution in [1.82, 2.24) is 10.0 Å². The minimum absolute atomic E-state index is 0.195. The molecule has 0 saturated carbocycles. The van der Waals surface area contributed by atoms with Crippen LogP contribution in [-0.4, -0.2) is 45.7 Å². The third-order valence-corrected chi connectivity index (χ3v) is 5.91. The van der Waals surface area contributed by atoms with E-state index in [0.29, 0.717) is 25.9 Å². The summed E-state index contributed by atoms with van der Waals surface area (Å²) in [5.41, 5.74) is -1.55. The zero-order valence-corrected chi connectivity index (χ0v) is 16.3. The quantitative estimate of drug-likeness (QED) is 0.713. The number of piperidine rings is 1. The van der Waals surface area contributed by atoms with Gasteiger partial charge in [-0.1, -0.05) is 0 Å². The maximum atomic E-state index is 14.1. The van der Waals surface area contributed by atoms with Gasteiger partial charge in [-0.05, 0) is 64.9 Å². The maximum Gasteiger partial charge on any atom is 0.256 e. The highest BCUT2D eigenvalue weighted by molar-refractivity contribution is 7.89. The Bertz CT molecular complexity index is 769. The monoisotopic (exact) mass is 387 g/mol. The molecule has 0 unspecified atom stereocenters. The van der Waals surface area contributed by atoms with Crippen LogP contribution in [0.5, 0.6) is 0 Å². The van der Waals surface area contributed by atoms with Crippen molar-refractivity contribution < 1.29 is 22.3 Å². The van der Waals surface area contributed by atoms with Crippen molar-refractivity contribution >= 4 is 21.6 Å². The fourth-order valence-corrected chi connectivity index (χ4v) is 4.37. The Morgan fingerprint density at radius 3 is 2.42 bits per heavy atom. The zero-order chi connectivity index (χ0) is 19.6. The summed E-state index contributed by atoms with van der Waals surface area (Å²) in [7, 11) is -2.60. The van der Waals surface area contributed by atoms with Crippen LogP contribution >= 0.6 is 0 Å². The number of hydrogen-bond acceptors (Lipinski definition) is 5. The van der Waals surface area contributed by atoms with E-state index in [1.54, 1.807) is 20.8 Å². The predicted molar refractivity (Wildman–Crippen MR) is 96.9 cm³/mol. The number of rotatable bonds is 5. The van der Waals surface area contributed by atoms with Crippen molar-refractivity contribution in [3.63, 3.8) is 0 Å². The first kappa shape index (κ1) is 20.8. The minimum Gasteiger partial charge on any atom is -0.368 e. The van der Waals surface area contributed by atoms with Gasteiger partial charge in [0.1, 0.15) is 16.3 Å². The molecule has 2 rings (SSSR count). The number of sulfonamides is 1. The molecule has 7 nitrogen and oxygen atoms in total. The van der Waals surface area contributed by atoms with E-state index in [9.17, 15) is 17.6 Å². The van der Waals surface area contributed by atoms with E-state index >= 15 is 0 Å². The molecule has 0 spiro atoms. The number of methoxy groups -OCH3 is 1. The first-order chi connectivity index (χ1) is 12.0. The van der Waals surface area contributed by atoms with Gasteiger partial charge in [-0.25, -0.2) is 17.5 Å². The fourth-order valence-electron chi connectivity index (χ4n) is 2.84. The van der Waals surface area contributed by atoms with Crippen LogP contribution in [0.1, 0.15) is 33.6 Å². The molecule has 9 heteroatoms. The van der Waals surface area contributed by atoms with Crippen LogP contribution in [0.2, 0.25) is 0 Å². The van der Waals surface area contributed by atoms with Gasteiger partial charge >= 0.3 is 0 Å². The van der Waals surface area contributed by atoms with E-state index < -0.39 is 31.9 Å². The predicted octanol–water partition coefficient (Wildman–Crippen LogP) is 1.61. The van der Waals surface area contributed by atoms with Crippen LogP contribution in [0.4, 0.5) is 10.1 Å². The molecule has 3 N–H and O–H groups in total. The summed E-state index contributed by atoms with van der Waals surface area (Å²) in [5, 5.41) is 5.81. The van der Waals surface area contributed by atoms with Crippen molar-refractivity contribution in [2.24, 2.45) is 0 Å². The SMILES string of the molecule is COC1(C(=O)Nc2ccc(F)c(S(=O)(=O)NC(C)(C)C)c2)CCNCC1. The number of ether oxygens (including phenoxy) is 1. The normalized spacial score (nSPS) is 17.7. The lowest BCUT2D eigenvalue weighted by atomic mass is 9.91. The lowest BCUT2D eigenvalue weighted by Crippen LogP contribution is -2.51. The molecule has 0 aliphatic carbocycles. The minimum atomic E-state index is -4.07. The second kappa shape index (κ2) is 7.59. The van der Waals surface area contributed by atoms with Crippen molar-refractivity contribution in [3.05, 3.63) is 24.0 Å². The Morgan fingerprint density at radius 2 is 1.88 bits per heavy atom. The van der Waals surface area contributed by atoms with E-state index in [-0.39, 0.29) is 11.6 Å². The van der Waals surface area contributed by atoms with Crippen LogP contribution in [0.3, 0.4) is 0 Å². The van der Waals surface area contributed by atoms with Crippen molar-refractivity contribution in [3.8, 4) is 0 Å². The second-order valence-corrected chi connectivity index (χ2v) is 9.05. The number of carbonyl (C=O) groups excluding carboxylic acids is 1. The van der Waals surface area contributed by atoms with Crippen LogP contribution in [0.25, 0.3) is 0 Å². The molecule has 146 valence electrons. The van der Waals surface area contributed by atoms with Crippen LogP contribution < -0.4 is 15.4 Å². The summed E-state index contributed by atoms with van der Waals surface area (Å²) >= 11 is 0. The molecule has 0 bridgehead atoms. The van der Waals surface area contributed by atoms with Gasteiger partial charge < -0.3 is 15.4 Å². The third-order valence-electron chi connectivity index (χ3n) is 4.13. The Hall–Kier alpha value is -1.55. The van der Waals surface area contributed by atoms with Gasteiger partial charge in [0.05, 0.1) is 0 Å². The summed E-state index contributed by atoms with van der Waals surface area (Å²) in [5.74, 6) is -1.26. The Morgan fingerprint density at radius 1 is 1.27 bits per heavy atom. The smallest absolute Gasteiger partial charge is 0.256 e. The number of amides is 1. The summed E-state index contributed by atoms with van der Waals surface area (Å²) < 4.78 is 46.8. The van der Waals surface area contributed by atoms with Crippen molar-refractivity contribution in [2.45, 2.75) is 49.6 Å². The van der Waals surface area contributed by atoms with E-state index in [0.717, 1.165) is 12.1 Å². The molecule has 1 aliphatic rings. The number of nitrogens with one attached hydrogen (secondary N) is 3. The first-order valence-electron chi connectivity index (χ1n) is 8.40. The van der Waals surface area contributed by atoms with Crippen LogP contribution in [0, 0.1) is 5.82 Å². The molecule has 0 radical (unpaired) electrons. The Labute approximate surface area is 153 Å². The molecular weight excluding hydrogens is 361 g/mol. The van der Waals surface area contributed by atoms with Crippen LogP contribution in [-0.2, 0) is 19.6 Å². The Kier molecular flexibility index (Phi) is 6.06. The Balaban J connectivity index is 2.28. The van der Waals surface area contributed by atoms with Gasteiger partial charge in [-0.3, -0.25) is 4.79 Å². The fraction of sp³-hybridized carbons (Fsp3) is 0.588. The molecular formula is C17H26FN3O4S. The summed E-state index contributed by atoms with van der Waals surface area (Å²) in [6.45, 7) is 6.26. The highest BCUT2D eigenvalue weighted by Crippen LogP contribution is 2.26. The van der Waals surface area contributed by atoms with Gasteiger partial charge in [-0.15, -0.1) is 0 Å². The molecule has 1 aromatic rings. The number of hydrogen-bond donors (Lipinski definition) is 3. The van der Waals surface area contributed by atoms with E-state index in [2.05, 4.69) is 15.4 Å². The molecule has 0 atom stereocenters. The lowest BCUT2D eigenvalue weighted by molar-refractivity contribution is -0.140. The molecule has 1 amide bonds. The molecule has 1 fully saturated rings. The van der Waals surface area contributed by atoms with E-state index in [1.807, 2.05) is 0 Å². The zero-order valence-electron chi connectivity index (χ0n) is 15.5. The summed E-state index contributed by atoms with van der Waals surface area (Å²) in [6.07, 6.45) is 0.987. The standard InChI is InChI=1S/C17H26FN3O4S/c1-16(2,3)21-26(23,24)14-11-12(5-6-13(14)18)20-15(22)17(25-4)7-9-19-10-8-17/h5-6,11,19,21H,7-10H2,1-4H3,(H,20,22). The highest BCUT2D eigenvalue weighted by atomic mass is 32.2. The molecule has 1 heterocycles. The summed E-state index contributed by atoms with van der Waals surface area (Å²) in [6, 6.07) is 3.47. The molecule has 26 heavy (non-hydrogen) atoms. The third kappa shape index (κ3) is 4.79. The second-order valence-electron chi connectivity index (χ2n) is 7.40. The topological polar surface area (TPSA) is 96.5 Å². The largest absolute Gasteiger partial charge is 0.368 e. The number of anilines is 1. The number of carbonyl (C=O) groups is 1. The van der Waals surface area contributed by atoms with Gasteiger partial charge in [0.2, 0.25) is 10.0 Å². The average molecular weight is 387 g/mol. The molecule has 1 aliphatic heterocycles. The first-order valence-corrected chi connectivity index (χ1v) is 9.88. The van der Waals surface area contributed by atoms with Gasteiger partial charge in [0, 0.05) is 18.3 Å². The van der Waals surface area contributed by atoms with Gasteiger partial charge in [0.15, 0.2) is 0 Å². The average Bonchev–Trinajstić information content (AvgIpc) is 2.54. The molecule has 0 aromatic heterocycles. The highest BCUT2D eigenvalue weighted by Gasteiger charge is 2.39. The van der Waals surface area contributed by atoms with Crippen molar-refractivity contribution in [1.29, 1.82) is 0 Å². The van der Waals surface area contributed by atoms with E-state index in [1.165, 1.54) is 13.2 Å². The number of halogens is 1. The van der Waals surface area contributed by atoms with Crippen LogP contribution in [0.15, 0.2) is 23.1 Å². The summed E-state index contributed by atoms with van der Waals surface area (Å²) in [4.78, 5) is 12.2. The van der Waals surface area contributed by atoms with Crippen molar-refractivity contribution in [2.75, 3.05) is 25.5 Å². The van der Waals surface area contributed by atoms with E-state index in [4.69, 9.17) is 4.74 Å². The maximum absolute atomic E-state index is 14.1.